The second-order valence-electron chi connectivity index (χ2n) is 6.70. The van der Waals surface area contributed by atoms with Crippen molar-refractivity contribution in [3.63, 3.8) is 0 Å². The Bertz CT molecular complexity index is 739. The van der Waals surface area contributed by atoms with E-state index in [-0.39, 0.29) is 5.91 Å². The SMILES string of the molecule is CN=C(NCCCNC(=O)c1ccccc1)N1CCN(Cc2ccon2)CC1. The highest BCUT2D eigenvalue weighted by Gasteiger charge is 2.20. The van der Waals surface area contributed by atoms with Gasteiger partial charge in [0, 0.05) is 64.5 Å². The number of carbonyl (C=O) groups is 1. The maximum Gasteiger partial charge on any atom is 0.251 e. The summed E-state index contributed by atoms with van der Waals surface area (Å²) in [5.74, 6) is 0.878. The first-order valence-corrected chi connectivity index (χ1v) is 9.66. The third-order valence-electron chi connectivity index (χ3n) is 4.72. The lowest BCUT2D eigenvalue weighted by atomic mass is 10.2. The predicted octanol–water partition coefficient (Wildman–Crippen LogP) is 1.19. The molecule has 1 saturated heterocycles. The number of hydrogen-bond acceptors (Lipinski definition) is 5. The molecule has 0 bridgehead atoms. The van der Waals surface area contributed by atoms with E-state index in [0.717, 1.165) is 57.3 Å². The van der Waals surface area contributed by atoms with Gasteiger partial charge >= 0.3 is 0 Å². The Morgan fingerprint density at radius 3 is 2.54 bits per heavy atom. The summed E-state index contributed by atoms with van der Waals surface area (Å²) in [6.07, 6.45) is 2.45. The van der Waals surface area contributed by atoms with Gasteiger partial charge in [0.25, 0.3) is 5.91 Å². The lowest BCUT2D eigenvalue weighted by molar-refractivity contribution is 0.0953. The molecule has 0 unspecified atom stereocenters. The Morgan fingerprint density at radius 1 is 1.11 bits per heavy atom. The van der Waals surface area contributed by atoms with Crippen LogP contribution < -0.4 is 10.6 Å². The second-order valence-corrected chi connectivity index (χ2v) is 6.70. The molecule has 8 nitrogen and oxygen atoms in total. The maximum atomic E-state index is 12.0. The standard InChI is InChI=1S/C20H28N6O2/c1-21-20(23-10-5-9-22-19(27)17-6-3-2-4-7-17)26-13-11-25(12-14-26)16-18-8-15-28-24-18/h2-4,6-8,15H,5,9-14,16H2,1H3,(H,21,23)(H,22,27). The van der Waals surface area contributed by atoms with Crippen LogP contribution in [0, 0.1) is 0 Å². The van der Waals surface area contributed by atoms with Gasteiger partial charge in [-0.05, 0) is 18.6 Å². The highest BCUT2D eigenvalue weighted by Crippen LogP contribution is 2.07. The Labute approximate surface area is 165 Å². The van der Waals surface area contributed by atoms with E-state index in [1.165, 1.54) is 0 Å². The van der Waals surface area contributed by atoms with Crippen molar-refractivity contribution in [3.8, 4) is 0 Å². The zero-order valence-electron chi connectivity index (χ0n) is 16.3. The smallest absolute Gasteiger partial charge is 0.251 e. The zero-order chi connectivity index (χ0) is 19.6. The van der Waals surface area contributed by atoms with Gasteiger partial charge in [-0.1, -0.05) is 23.4 Å². The molecule has 3 rings (SSSR count). The fourth-order valence-corrected chi connectivity index (χ4v) is 3.18. The van der Waals surface area contributed by atoms with Crippen molar-refractivity contribution in [1.29, 1.82) is 0 Å². The summed E-state index contributed by atoms with van der Waals surface area (Å²) >= 11 is 0. The van der Waals surface area contributed by atoms with E-state index in [9.17, 15) is 4.79 Å². The van der Waals surface area contributed by atoms with Crippen molar-refractivity contribution in [2.24, 2.45) is 4.99 Å². The van der Waals surface area contributed by atoms with Crippen LogP contribution in [0.15, 0.2) is 52.2 Å². The van der Waals surface area contributed by atoms with Gasteiger partial charge in [0.05, 0.1) is 5.69 Å². The molecule has 1 aliphatic rings. The average molecular weight is 384 g/mol. The van der Waals surface area contributed by atoms with Gasteiger partial charge in [-0.15, -0.1) is 0 Å². The van der Waals surface area contributed by atoms with Gasteiger partial charge in [-0.3, -0.25) is 14.7 Å². The lowest BCUT2D eigenvalue weighted by Gasteiger charge is -2.36. The number of nitrogens with zero attached hydrogens (tertiary/aromatic N) is 4. The van der Waals surface area contributed by atoms with E-state index in [4.69, 9.17) is 4.52 Å². The van der Waals surface area contributed by atoms with Gasteiger partial charge in [0.1, 0.15) is 6.26 Å². The van der Waals surface area contributed by atoms with Crippen LogP contribution >= 0.6 is 0 Å². The Balaban J connectivity index is 1.32. The van der Waals surface area contributed by atoms with E-state index < -0.39 is 0 Å². The van der Waals surface area contributed by atoms with E-state index in [2.05, 4.69) is 30.6 Å². The van der Waals surface area contributed by atoms with Gasteiger partial charge in [-0.25, -0.2) is 0 Å². The van der Waals surface area contributed by atoms with Crippen molar-refractivity contribution >= 4 is 11.9 Å². The quantitative estimate of drug-likeness (QED) is 0.424. The van der Waals surface area contributed by atoms with Crippen LogP contribution in [0.3, 0.4) is 0 Å². The molecule has 1 aromatic heterocycles. The van der Waals surface area contributed by atoms with Crippen molar-refractivity contribution in [2.75, 3.05) is 46.3 Å². The summed E-state index contributed by atoms with van der Waals surface area (Å²) in [6, 6.07) is 11.2. The highest BCUT2D eigenvalue weighted by molar-refractivity contribution is 5.94. The monoisotopic (exact) mass is 384 g/mol. The normalized spacial score (nSPS) is 15.5. The maximum absolute atomic E-state index is 12.0. The van der Waals surface area contributed by atoms with Crippen molar-refractivity contribution in [3.05, 3.63) is 53.9 Å². The molecule has 1 amide bonds. The fourth-order valence-electron chi connectivity index (χ4n) is 3.18. The van der Waals surface area contributed by atoms with Crippen molar-refractivity contribution < 1.29 is 9.32 Å². The summed E-state index contributed by atoms with van der Waals surface area (Å²) in [6.45, 7) is 5.97. The number of carbonyl (C=O) groups excluding carboxylic acids is 1. The highest BCUT2D eigenvalue weighted by atomic mass is 16.5. The summed E-state index contributed by atoms with van der Waals surface area (Å²) in [5, 5.41) is 10.3. The molecule has 150 valence electrons. The predicted molar refractivity (Wildman–Crippen MR) is 108 cm³/mol. The van der Waals surface area contributed by atoms with Gasteiger partial charge in [0.2, 0.25) is 0 Å². The minimum Gasteiger partial charge on any atom is -0.364 e. The van der Waals surface area contributed by atoms with Crippen LogP contribution in [-0.4, -0.2) is 73.1 Å². The Kier molecular flexibility index (Phi) is 7.43. The number of piperazine rings is 1. The minimum absolute atomic E-state index is 0.0341. The van der Waals surface area contributed by atoms with Crippen LogP contribution in [0.1, 0.15) is 22.5 Å². The van der Waals surface area contributed by atoms with Crippen molar-refractivity contribution in [1.82, 2.24) is 25.6 Å². The summed E-state index contributed by atoms with van der Waals surface area (Å²) < 4.78 is 4.89. The fraction of sp³-hybridized carbons (Fsp3) is 0.450. The molecular weight excluding hydrogens is 356 g/mol. The number of nitrogens with one attached hydrogen (secondary N) is 2. The summed E-state index contributed by atoms with van der Waals surface area (Å²) in [5.41, 5.74) is 1.66. The summed E-state index contributed by atoms with van der Waals surface area (Å²) in [7, 11) is 1.81. The van der Waals surface area contributed by atoms with Crippen LogP contribution in [0.2, 0.25) is 0 Å². The van der Waals surface area contributed by atoms with E-state index in [1.54, 1.807) is 13.3 Å². The third kappa shape index (κ3) is 5.82. The van der Waals surface area contributed by atoms with Crippen LogP contribution in [0.25, 0.3) is 0 Å². The lowest BCUT2D eigenvalue weighted by Crippen LogP contribution is -2.52. The molecule has 2 heterocycles. The molecule has 0 aliphatic carbocycles. The molecule has 8 heteroatoms. The summed E-state index contributed by atoms with van der Waals surface area (Å²) in [4.78, 5) is 21.0. The van der Waals surface area contributed by atoms with Gasteiger partial charge in [0.15, 0.2) is 5.96 Å². The molecule has 2 N–H and O–H groups in total. The molecule has 2 aromatic rings. The first kappa shape index (κ1) is 19.9. The van der Waals surface area contributed by atoms with Gasteiger partial charge < -0.3 is 20.1 Å². The topological polar surface area (TPSA) is 86.0 Å². The number of guanidine groups is 1. The number of amides is 1. The molecule has 28 heavy (non-hydrogen) atoms. The molecule has 1 aromatic carbocycles. The van der Waals surface area contributed by atoms with E-state index >= 15 is 0 Å². The minimum atomic E-state index is -0.0341. The number of aromatic nitrogens is 1. The Morgan fingerprint density at radius 2 is 1.86 bits per heavy atom. The average Bonchev–Trinajstić information content (AvgIpc) is 3.25. The second kappa shape index (κ2) is 10.5. The number of rotatable bonds is 7. The number of benzene rings is 1. The first-order chi connectivity index (χ1) is 13.8. The first-order valence-electron chi connectivity index (χ1n) is 9.66. The Hall–Kier alpha value is -2.87. The van der Waals surface area contributed by atoms with Crippen LogP contribution in [-0.2, 0) is 6.54 Å². The molecule has 0 saturated carbocycles. The van der Waals surface area contributed by atoms with Gasteiger partial charge in [-0.2, -0.15) is 0 Å². The molecule has 0 atom stereocenters. The zero-order valence-corrected chi connectivity index (χ0v) is 16.3. The van der Waals surface area contributed by atoms with Crippen molar-refractivity contribution in [2.45, 2.75) is 13.0 Å². The number of hydrogen-bond donors (Lipinski definition) is 2. The molecule has 0 radical (unpaired) electrons. The molecule has 1 fully saturated rings. The molecular formula is C20H28N6O2. The van der Waals surface area contributed by atoms with Crippen LogP contribution in [0.4, 0.5) is 0 Å². The number of aliphatic imine (C=N–C) groups is 1. The third-order valence-corrected chi connectivity index (χ3v) is 4.72. The van der Waals surface area contributed by atoms with Crippen LogP contribution in [0.5, 0.6) is 0 Å². The van der Waals surface area contributed by atoms with E-state index in [0.29, 0.717) is 12.1 Å². The molecule has 1 aliphatic heterocycles. The molecule has 0 spiro atoms. The van der Waals surface area contributed by atoms with E-state index in [1.807, 2.05) is 36.4 Å². The largest absolute Gasteiger partial charge is 0.364 e.